The van der Waals surface area contributed by atoms with Crippen molar-refractivity contribution in [2.45, 2.75) is 6.54 Å². The van der Waals surface area contributed by atoms with Crippen LogP contribution in [0.3, 0.4) is 0 Å². The van der Waals surface area contributed by atoms with Gasteiger partial charge in [0.25, 0.3) is 11.6 Å². The Morgan fingerprint density at radius 2 is 1.90 bits per heavy atom. The van der Waals surface area contributed by atoms with Gasteiger partial charge in [-0.1, -0.05) is 11.6 Å². The number of hydrogen-bond donors (Lipinski definition) is 1. The summed E-state index contributed by atoms with van der Waals surface area (Å²) < 4.78 is 13.1. The molecule has 0 fully saturated rings. The van der Waals surface area contributed by atoms with E-state index in [2.05, 4.69) is 5.32 Å². The first-order valence-corrected chi connectivity index (χ1v) is 6.31. The van der Waals surface area contributed by atoms with Gasteiger partial charge in [0.05, 0.1) is 4.92 Å². The summed E-state index contributed by atoms with van der Waals surface area (Å²) in [5.74, 6) is -0.896. The van der Waals surface area contributed by atoms with Crippen molar-refractivity contribution in [3.8, 4) is 0 Å². The number of nitrogens with one attached hydrogen (secondary N) is 1. The Bertz CT molecular complexity index is 669. The number of halogens is 2. The van der Waals surface area contributed by atoms with Crippen molar-refractivity contribution in [2.24, 2.45) is 0 Å². The standard InChI is InChI=1S/C14H10ClFN2O3/c15-11-5-9(6-12(16)7-11)8-17-14(19)10-1-3-13(4-2-10)18(20)21/h1-7H,8H2,(H,17,19). The minimum atomic E-state index is -0.545. The lowest BCUT2D eigenvalue weighted by molar-refractivity contribution is -0.384. The van der Waals surface area contributed by atoms with Crippen molar-refractivity contribution in [2.75, 3.05) is 0 Å². The number of nitrogens with zero attached hydrogens (tertiary/aromatic N) is 1. The molecule has 5 nitrogen and oxygen atoms in total. The zero-order chi connectivity index (χ0) is 15.4. The molecule has 21 heavy (non-hydrogen) atoms. The highest BCUT2D eigenvalue weighted by molar-refractivity contribution is 6.30. The smallest absolute Gasteiger partial charge is 0.269 e. The topological polar surface area (TPSA) is 72.2 Å². The van der Waals surface area contributed by atoms with Crippen molar-refractivity contribution < 1.29 is 14.1 Å². The summed E-state index contributed by atoms with van der Waals surface area (Å²) in [5, 5.41) is 13.3. The van der Waals surface area contributed by atoms with Crippen LogP contribution >= 0.6 is 11.6 Å². The SMILES string of the molecule is O=C(NCc1cc(F)cc(Cl)c1)c1ccc([N+](=O)[O-])cc1. The summed E-state index contributed by atoms with van der Waals surface area (Å²) in [5.41, 5.74) is 0.710. The predicted molar refractivity (Wildman–Crippen MR) is 75.7 cm³/mol. The fourth-order valence-electron chi connectivity index (χ4n) is 1.73. The quantitative estimate of drug-likeness (QED) is 0.695. The molecule has 1 amide bonds. The molecule has 0 aliphatic carbocycles. The number of rotatable bonds is 4. The van der Waals surface area contributed by atoms with E-state index in [1.54, 1.807) is 6.07 Å². The molecule has 2 aromatic carbocycles. The number of amides is 1. The van der Waals surface area contributed by atoms with Crippen LogP contribution in [0.2, 0.25) is 5.02 Å². The van der Waals surface area contributed by atoms with Crippen LogP contribution in [0, 0.1) is 15.9 Å². The summed E-state index contributed by atoms with van der Waals surface area (Å²) in [7, 11) is 0. The zero-order valence-corrected chi connectivity index (χ0v) is 11.4. The molecule has 2 aromatic rings. The predicted octanol–water partition coefficient (Wildman–Crippen LogP) is 3.32. The minimum absolute atomic E-state index is 0.0940. The molecule has 0 heterocycles. The van der Waals surface area contributed by atoms with Crippen molar-refractivity contribution in [3.05, 3.63) is 74.5 Å². The van der Waals surface area contributed by atoms with Gasteiger partial charge in [-0.2, -0.15) is 0 Å². The Morgan fingerprint density at radius 1 is 1.24 bits per heavy atom. The number of hydrogen-bond acceptors (Lipinski definition) is 3. The van der Waals surface area contributed by atoms with E-state index in [1.807, 2.05) is 0 Å². The Balaban J connectivity index is 2.02. The van der Waals surface area contributed by atoms with Crippen molar-refractivity contribution in [1.82, 2.24) is 5.32 Å². The van der Waals surface area contributed by atoms with Crippen molar-refractivity contribution >= 4 is 23.2 Å². The largest absolute Gasteiger partial charge is 0.348 e. The van der Waals surface area contributed by atoms with Gasteiger partial charge in [-0.3, -0.25) is 14.9 Å². The van der Waals surface area contributed by atoms with E-state index in [0.717, 1.165) is 0 Å². The molecule has 0 bridgehead atoms. The third-order valence-corrected chi connectivity index (χ3v) is 2.93. The number of non-ortho nitro benzene ring substituents is 1. The maximum atomic E-state index is 13.1. The molecular formula is C14H10ClFN2O3. The van der Waals surface area contributed by atoms with Crippen LogP contribution in [0.1, 0.15) is 15.9 Å². The van der Waals surface area contributed by atoms with Gasteiger partial charge in [0, 0.05) is 29.3 Å². The second-order valence-electron chi connectivity index (χ2n) is 4.26. The molecule has 0 spiro atoms. The van der Waals surface area contributed by atoms with E-state index in [4.69, 9.17) is 11.6 Å². The van der Waals surface area contributed by atoms with Gasteiger partial charge >= 0.3 is 0 Å². The van der Waals surface area contributed by atoms with Crippen LogP contribution in [0.15, 0.2) is 42.5 Å². The maximum absolute atomic E-state index is 13.1. The van der Waals surface area contributed by atoms with Crippen LogP contribution in [0.25, 0.3) is 0 Å². The Kier molecular flexibility index (Phi) is 4.49. The van der Waals surface area contributed by atoms with Gasteiger partial charge in [-0.25, -0.2) is 4.39 Å². The van der Waals surface area contributed by atoms with E-state index < -0.39 is 16.6 Å². The van der Waals surface area contributed by atoms with Gasteiger partial charge in [0.2, 0.25) is 0 Å². The maximum Gasteiger partial charge on any atom is 0.269 e. The lowest BCUT2D eigenvalue weighted by Gasteiger charge is -2.06. The summed E-state index contributed by atoms with van der Waals surface area (Å²) in [4.78, 5) is 21.8. The Hall–Kier alpha value is -2.47. The van der Waals surface area contributed by atoms with Crippen molar-refractivity contribution in [1.29, 1.82) is 0 Å². The molecule has 2 rings (SSSR count). The second kappa shape index (κ2) is 6.32. The molecular weight excluding hydrogens is 299 g/mol. The van der Waals surface area contributed by atoms with Gasteiger partial charge in [0.15, 0.2) is 0 Å². The first kappa shape index (κ1) is 14.9. The van der Waals surface area contributed by atoms with Crippen LogP contribution < -0.4 is 5.32 Å². The average molecular weight is 309 g/mol. The number of nitro groups is 1. The lowest BCUT2D eigenvalue weighted by Crippen LogP contribution is -2.22. The molecule has 0 aromatic heterocycles. The summed E-state index contributed by atoms with van der Waals surface area (Å²) in [6.07, 6.45) is 0. The van der Waals surface area contributed by atoms with Crippen LogP contribution in [0.5, 0.6) is 0 Å². The Morgan fingerprint density at radius 3 is 2.48 bits per heavy atom. The number of benzene rings is 2. The molecule has 108 valence electrons. The monoisotopic (exact) mass is 308 g/mol. The second-order valence-corrected chi connectivity index (χ2v) is 4.70. The Labute approximate surface area is 124 Å². The van der Waals surface area contributed by atoms with E-state index in [9.17, 15) is 19.3 Å². The van der Waals surface area contributed by atoms with Gasteiger partial charge in [-0.05, 0) is 35.9 Å². The zero-order valence-electron chi connectivity index (χ0n) is 10.7. The van der Waals surface area contributed by atoms with Crippen LogP contribution in [-0.2, 0) is 6.54 Å². The van der Waals surface area contributed by atoms with E-state index in [-0.39, 0.29) is 22.8 Å². The molecule has 1 N–H and O–H groups in total. The molecule has 7 heteroatoms. The third kappa shape index (κ3) is 4.00. The van der Waals surface area contributed by atoms with Gasteiger partial charge in [-0.15, -0.1) is 0 Å². The van der Waals surface area contributed by atoms with E-state index in [0.29, 0.717) is 5.56 Å². The van der Waals surface area contributed by atoms with E-state index in [1.165, 1.54) is 36.4 Å². The fraction of sp³-hybridized carbons (Fsp3) is 0.0714. The van der Waals surface area contributed by atoms with E-state index >= 15 is 0 Å². The number of nitro benzene ring substituents is 1. The molecule has 0 radical (unpaired) electrons. The normalized spacial score (nSPS) is 10.2. The highest BCUT2D eigenvalue weighted by Crippen LogP contribution is 2.15. The number of carbonyl (C=O) groups is 1. The minimum Gasteiger partial charge on any atom is -0.348 e. The first-order chi connectivity index (χ1) is 9.95. The fourth-order valence-corrected chi connectivity index (χ4v) is 1.98. The number of carbonyl (C=O) groups excluding carboxylic acids is 1. The molecule has 0 aliphatic rings. The van der Waals surface area contributed by atoms with Crippen molar-refractivity contribution in [3.63, 3.8) is 0 Å². The molecule has 0 atom stereocenters. The highest BCUT2D eigenvalue weighted by atomic mass is 35.5. The summed E-state index contributed by atoms with van der Waals surface area (Å²) in [6.45, 7) is 0.104. The molecule has 0 aliphatic heterocycles. The van der Waals surface area contributed by atoms with Crippen LogP contribution in [-0.4, -0.2) is 10.8 Å². The van der Waals surface area contributed by atoms with Gasteiger partial charge in [0.1, 0.15) is 5.82 Å². The van der Waals surface area contributed by atoms with Crippen LogP contribution in [0.4, 0.5) is 10.1 Å². The molecule has 0 unspecified atom stereocenters. The van der Waals surface area contributed by atoms with Gasteiger partial charge < -0.3 is 5.32 Å². The lowest BCUT2D eigenvalue weighted by atomic mass is 10.1. The highest BCUT2D eigenvalue weighted by Gasteiger charge is 2.09. The first-order valence-electron chi connectivity index (χ1n) is 5.93. The average Bonchev–Trinajstić information content (AvgIpc) is 2.44. The third-order valence-electron chi connectivity index (χ3n) is 2.72. The summed E-state index contributed by atoms with van der Waals surface area (Å²) in [6, 6.07) is 9.17. The molecule has 0 saturated carbocycles. The summed E-state index contributed by atoms with van der Waals surface area (Å²) >= 11 is 5.71. The molecule has 0 saturated heterocycles.